The summed E-state index contributed by atoms with van der Waals surface area (Å²) in [6, 6.07) is 53.2. The molecule has 0 radical (unpaired) electrons. The van der Waals surface area contributed by atoms with Gasteiger partial charge in [0.1, 0.15) is 23.7 Å². The van der Waals surface area contributed by atoms with E-state index in [9.17, 15) is 0 Å². The molecule has 1 aliphatic rings. The van der Waals surface area contributed by atoms with Gasteiger partial charge in [-0.3, -0.25) is 0 Å². The Bertz CT molecular complexity index is 2070. The highest BCUT2D eigenvalue weighted by Crippen LogP contribution is 2.46. The van der Waals surface area contributed by atoms with Crippen molar-refractivity contribution in [1.29, 1.82) is 0 Å². The van der Waals surface area contributed by atoms with Crippen molar-refractivity contribution in [3.8, 4) is 11.5 Å². The predicted octanol–water partition coefficient (Wildman–Crippen LogP) is 10.3. The number of methoxy groups -OCH3 is 1. The highest BCUT2D eigenvalue weighted by molar-refractivity contribution is 5.39. The summed E-state index contributed by atoms with van der Waals surface area (Å²) in [6.07, 6.45) is -4.71. The van der Waals surface area contributed by atoms with Crippen molar-refractivity contribution in [3.63, 3.8) is 0 Å². The summed E-state index contributed by atoms with van der Waals surface area (Å²) in [7, 11) is 1.62. The monoisotopic (exact) mass is 770 g/mol. The summed E-state index contributed by atoms with van der Waals surface area (Å²) in [4.78, 5) is 0. The smallest absolute Gasteiger partial charge is 0.294 e. The lowest BCUT2D eigenvalue weighted by molar-refractivity contribution is -0.298. The van der Waals surface area contributed by atoms with E-state index in [0.29, 0.717) is 12.2 Å². The maximum Gasteiger partial charge on any atom is 0.294 e. The van der Waals surface area contributed by atoms with Crippen LogP contribution >= 0.6 is 0 Å². The summed E-state index contributed by atoms with van der Waals surface area (Å²) in [6.45, 7) is 0.125. The number of rotatable bonds is 18. The van der Waals surface area contributed by atoms with Gasteiger partial charge in [0.15, 0.2) is 6.10 Å². The molecule has 0 unspecified atom stereocenters. The number of benzene rings is 6. The minimum Gasteiger partial charge on any atom is -0.497 e. The molecule has 57 heavy (non-hydrogen) atoms. The molecule has 0 aliphatic heterocycles. The Kier molecular flexibility index (Phi) is 13.7. The Hall–Kier alpha value is -5.38. The molecule has 0 saturated heterocycles. The average molecular weight is 771 g/mol. The average Bonchev–Trinajstić information content (AvgIpc) is 3.26. The molecule has 6 nitrogen and oxygen atoms in total. The number of hydrogen-bond acceptors (Lipinski definition) is 6. The third-order valence-electron chi connectivity index (χ3n) is 10.3. The lowest BCUT2D eigenvalue weighted by Crippen LogP contribution is -2.68. The van der Waals surface area contributed by atoms with Gasteiger partial charge in [0.25, 0.3) is 5.92 Å². The first-order valence-corrected chi connectivity index (χ1v) is 19.3. The molecule has 0 spiro atoms. The SMILES string of the molecule is COc1ccc(Cc2ccccc2O[C@H]2[C@H](OCc3ccccc3)[C@@H](OCc3ccccc3)[C@H](OCc3ccccc3)[C@@H](COCc3ccccc3)C2(F)F)cc1. The Morgan fingerprint density at radius 2 is 0.930 bits per heavy atom. The Morgan fingerprint density at radius 1 is 0.474 bits per heavy atom. The van der Waals surface area contributed by atoms with Crippen molar-refractivity contribution in [2.45, 2.75) is 63.2 Å². The van der Waals surface area contributed by atoms with Crippen molar-refractivity contribution in [3.05, 3.63) is 203 Å². The fourth-order valence-electron chi connectivity index (χ4n) is 7.21. The Morgan fingerprint density at radius 3 is 1.46 bits per heavy atom. The second kappa shape index (κ2) is 19.7. The zero-order chi connectivity index (χ0) is 39.3. The van der Waals surface area contributed by atoms with E-state index in [-0.39, 0.29) is 33.0 Å². The number of hydrogen-bond donors (Lipinski definition) is 0. The molecule has 6 aromatic rings. The topological polar surface area (TPSA) is 55.4 Å². The largest absolute Gasteiger partial charge is 0.497 e. The molecule has 0 aromatic heterocycles. The van der Waals surface area contributed by atoms with Crippen molar-refractivity contribution in [1.82, 2.24) is 0 Å². The van der Waals surface area contributed by atoms with Crippen molar-refractivity contribution in [2.24, 2.45) is 5.92 Å². The van der Waals surface area contributed by atoms with Gasteiger partial charge in [-0.1, -0.05) is 152 Å². The molecular weight excluding hydrogens is 723 g/mol. The Labute approximate surface area is 333 Å². The fraction of sp³-hybridized carbons (Fsp3) is 0.265. The lowest BCUT2D eigenvalue weighted by Gasteiger charge is -2.50. The molecule has 1 saturated carbocycles. The van der Waals surface area contributed by atoms with E-state index >= 15 is 8.78 Å². The molecule has 1 fully saturated rings. The minimum absolute atomic E-state index is 0.0563. The zero-order valence-electron chi connectivity index (χ0n) is 32.0. The van der Waals surface area contributed by atoms with E-state index in [2.05, 4.69) is 0 Å². The zero-order valence-corrected chi connectivity index (χ0v) is 32.0. The Balaban J connectivity index is 1.28. The van der Waals surface area contributed by atoms with Crippen LogP contribution in [0.25, 0.3) is 0 Å². The van der Waals surface area contributed by atoms with Crippen LogP contribution in [0.4, 0.5) is 8.78 Å². The lowest BCUT2D eigenvalue weighted by atomic mass is 9.77. The molecular formula is C49H48F2O6. The summed E-state index contributed by atoms with van der Waals surface area (Å²) in [5.41, 5.74) is 5.17. The standard InChI is InChI=1S/C49H48F2O6/c1-52-42-28-26-36(27-29-42)30-41-24-14-15-25-44(41)57-48-47(56-34-40-22-12-5-13-23-40)46(55-33-39-20-10-4-11-21-39)45(54-32-38-18-8-3-9-19-38)43(49(48,50)51)35-53-31-37-16-6-2-7-17-37/h2-29,43,45-48H,30-35H2,1H3/t43-,45-,46+,47-,48+/m1/s1. The van der Waals surface area contributed by atoms with Crippen LogP contribution in [0.1, 0.15) is 33.4 Å². The summed E-state index contributed by atoms with van der Waals surface area (Å²) in [5, 5.41) is 0. The molecule has 1 aliphatic carbocycles. The molecule has 0 amide bonds. The van der Waals surface area contributed by atoms with Crippen LogP contribution in [0.2, 0.25) is 0 Å². The summed E-state index contributed by atoms with van der Waals surface area (Å²) in [5.74, 6) is -3.92. The predicted molar refractivity (Wildman–Crippen MR) is 216 cm³/mol. The second-order valence-corrected chi connectivity index (χ2v) is 14.2. The molecule has 0 heterocycles. The quantitative estimate of drug-likeness (QED) is 0.0868. The van der Waals surface area contributed by atoms with E-state index in [1.807, 2.05) is 158 Å². The van der Waals surface area contributed by atoms with Crippen LogP contribution in [0.5, 0.6) is 11.5 Å². The second-order valence-electron chi connectivity index (χ2n) is 14.2. The molecule has 6 aromatic carbocycles. The van der Waals surface area contributed by atoms with E-state index in [1.54, 1.807) is 19.2 Å². The fourth-order valence-corrected chi connectivity index (χ4v) is 7.21. The molecule has 0 bridgehead atoms. The number of ether oxygens (including phenoxy) is 6. The van der Waals surface area contributed by atoms with Crippen LogP contribution in [0.15, 0.2) is 170 Å². The first kappa shape index (κ1) is 39.8. The molecule has 294 valence electrons. The maximum atomic E-state index is 17.8. The van der Waals surface area contributed by atoms with Gasteiger partial charge < -0.3 is 28.4 Å². The number of halogens is 2. The van der Waals surface area contributed by atoms with Gasteiger partial charge in [0, 0.05) is 6.42 Å². The van der Waals surface area contributed by atoms with Gasteiger partial charge in [-0.05, 0) is 51.6 Å². The molecule has 7 rings (SSSR count). The first-order chi connectivity index (χ1) is 28.0. The van der Waals surface area contributed by atoms with E-state index in [0.717, 1.165) is 39.1 Å². The first-order valence-electron chi connectivity index (χ1n) is 19.3. The van der Waals surface area contributed by atoms with Gasteiger partial charge in [-0.15, -0.1) is 0 Å². The van der Waals surface area contributed by atoms with Gasteiger partial charge in [0.05, 0.1) is 52.2 Å². The van der Waals surface area contributed by atoms with Gasteiger partial charge in [0.2, 0.25) is 0 Å². The van der Waals surface area contributed by atoms with Crippen LogP contribution in [-0.4, -0.2) is 44.1 Å². The summed E-state index contributed by atoms with van der Waals surface area (Å²) < 4.78 is 73.8. The van der Waals surface area contributed by atoms with Gasteiger partial charge in [-0.25, -0.2) is 8.78 Å². The van der Waals surface area contributed by atoms with Crippen molar-refractivity contribution >= 4 is 0 Å². The van der Waals surface area contributed by atoms with Crippen LogP contribution in [0, 0.1) is 5.92 Å². The van der Waals surface area contributed by atoms with Gasteiger partial charge in [-0.2, -0.15) is 0 Å². The molecule has 8 heteroatoms. The normalized spacial score (nSPS) is 20.2. The molecule has 0 N–H and O–H groups in total. The van der Waals surface area contributed by atoms with Gasteiger partial charge >= 0.3 is 0 Å². The van der Waals surface area contributed by atoms with Crippen LogP contribution in [0.3, 0.4) is 0 Å². The van der Waals surface area contributed by atoms with Crippen LogP contribution < -0.4 is 9.47 Å². The summed E-state index contributed by atoms with van der Waals surface area (Å²) >= 11 is 0. The van der Waals surface area contributed by atoms with E-state index in [4.69, 9.17) is 28.4 Å². The minimum atomic E-state index is -3.51. The maximum absolute atomic E-state index is 17.8. The van der Waals surface area contributed by atoms with E-state index < -0.39 is 36.3 Å². The van der Waals surface area contributed by atoms with Crippen molar-refractivity contribution < 1.29 is 37.2 Å². The van der Waals surface area contributed by atoms with E-state index in [1.165, 1.54) is 0 Å². The number of para-hydroxylation sites is 1. The van der Waals surface area contributed by atoms with Crippen LogP contribution in [-0.2, 0) is 51.8 Å². The number of alkyl halides is 2. The molecule has 5 atom stereocenters. The van der Waals surface area contributed by atoms with Crippen molar-refractivity contribution in [2.75, 3.05) is 13.7 Å². The third-order valence-corrected chi connectivity index (χ3v) is 10.3. The third kappa shape index (κ3) is 10.5. The highest BCUT2D eigenvalue weighted by atomic mass is 19.3. The highest BCUT2D eigenvalue weighted by Gasteiger charge is 2.64.